The first-order chi connectivity index (χ1) is 8.35. The number of nitrogens with two attached hydrogens (primary N) is 2. The van der Waals surface area contributed by atoms with E-state index in [4.69, 9.17) is 10.9 Å². The lowest BCUT2D eigenvalue weighted by atomic mass is 10.1. The largest absolute Gasteiger partial charge is 0.397 e. The van der Waals surface area contributed by atoms with Crippen LogP contribution in [0.3, 0.4) is 0 Å². The van der Waals surface area contributed by atoms with Gasteiger partial charge in [0.05, 0.1) is 17.6 Å². The molecule has 1 aliphatic rings. The van der Waals surface area contributed by atoms with E-state index in [0.29, 0.717) is 18.1 Å². The first kappa shape index (κ1) is 12.8. The van der Waals surface area contributed by atoms with E-state index >= 15 is 0 Å². The average Bonchev–Trinajstić information content (AvgIpc) is 2.58. The summed E-state index contributed by atoms with van der Waals surface area (Å²) in [4.78, 5) is 17.3. The molecular formula is C10H14N4O3S. The maximum absolute atomic E-state index is 11.8. The molecule has 0 bridgehead atoms. The van der Waals surface area contributed by atoms with E-state index in [0.717, 1.165) is 0 Å². The van der Waals surface area contributed by atoms with Crippen LogP contribution in [0.4, 0.5) is 11.5 Å². The molecule has 0 aliphatic carbocycles. The van der Waals surface area contributed by atoms with Crippen molar-refractivity contribution in [2.45, 2.75) is 6.42 Å². The fourth-order valence-electron chi connectivity index (χ4n) is 2.00. The van der Waals surface area contributed by atoms with Crippen molar-refractivity contribution in [3.05, 3.63) is 18.3 Å². The number of aromatic nitrogens is 1. The number of sulfonamides is 1. The van der Waals surface area contributed by atoms with E-state index in [2.05, 4.69) is 4.98 Å². The summed E-state index contributed by atoms with van der Waals surface area (Å²) in [5.41, 5.74) is 6.01. The van der Waals surface area contributed by atoms with Crippen molar-refractivity contribution in [3.63, 3.8) is 0 Å². The molecule has 8 heteroatoms. The Labute approximate surface area is 105 Å². The zero-order valence-electron chi connectivity index (χ0n) is 9.61. The molecule has 1 saturated heterocycles. The SMILES string of the molecule is Nc1ccc(N2CC(CS(N)(=O)=O)CC2=O)nc1. The minimum atomic E-state index is -3.56. The molecule has 1 amide bonds. The molecule has 1 unspecified atom stereocenters. The Morgan fingerprint density at radius 3 is 2.72 bits per heavy atom. The molecule has 1 aromatic rings. The van der Waals surface area contributed by atoms with Crippen molar-refractivity contribution in [3.8, 4) is 0 Å². The third-order valence-corrected chi connectivity index (χ3v) is 3.66. The predicted molar refractivity (Wildman–Crippen MR) is 67.1 cm³/mol. The van der Waals surface area contributed by atoms with Crippen molar-refractivity contribution in [2.24, 2.45) is 11.1 Å². The number of nitrogens with zero attached hydrogens (tertiary/aromatic N) is 2. The number of nitrogen functional groups attached to an aromatic ring is 1. The minimum Gasteiger partial charge on any atom is -0.397 e. The summed E-state index contributed by atoms with van der Waals surface area (Å²) in [6.45, 7) is 0.312. The van der Waals surface area contributed by atoms with Crippen LogP contribution in [0.1, 0.15) is 6.42 Å². The highest BCUT2D eigenvalue weighted by atomic mass is 32.2. The van der Waals surface area contributed by atoms with Crippen LogP contribution in [0.15, 0.2) is 18.3 Å². The van der Waals surface area contributed by atoms with Gasteiger partial charge in [0.15, 0.2) is 0 Å². The second-order valence-electron chi connectivity index (χ2n) is 4.35. The second-order valence-corrected chi connectivity index (χ2v) is 6.01. The standard InChI is InChI=1S/C10H14N4O3S/c11-8-1-2-9(13-4-8)14-5-7(3-10(14)15)6-18(12,16)17/h1-2,4,7H,3,5-6,11H2,(H2,12,16,17). The van der Waals surface area contributed by atoms with Gasteiger partial charge in [-0.15, -0.1) is 0 Å². The molecule has 2 rings (SSSR count). The van der Waals surface area contributed by atoms with Crippen LogP contribution < -0.4 is 15.8 Å². The van der Waals surface area contributed by atoms with Gasteiger partial charge in [0.1, 0.15) is 5.82 Å². The molecule has 7 nitrogen and oxygen atoms in total. The Morgan fingerprint density at radius 2 is 2.17 bits per heavy atom. The summed E-state index contributed by atoms with van der Waals surface area (Å²) in [6.07, 6.45) is 1.62. The van der Waals surface area contributed by atoms with E-state index in [1.165, 1.54) is 11.1 Å². The molecule has 0 aromatic carbocycles. The topological polar surface area (TPSA) is 119 Å². The minimum absolute atomic E-state index is 0.152. The summed E-state index contributed by atoms with van der Waals surface area (Å²) in [6, 6.07) is 3.27. The van der Waals surface area contributed by atoms with Gasteiger partial charge in [-0.25, -0.2) is 18.5 Å². The first-order valence-electron chi connectivity index (χ1n) is 5.37. The molecule has 0 spiro atoms. The molecule has 18 heavy (non-hydrogen) atoms. The van der Waals surface area contributed by atoms with Crippen LogP contribution in [0.5, 0.6) is 0 Å². The smallest absolute Gasteiger partial charge is 0.228 e. The number of carbonyl (C=O) groups excluding carboxylic acids is 1. The predicted octanol–water partition coefficient (Wildman–Crippen LogP) is -0.695. The molecule has 4 N–H and O–H groups in total. The number of carbonyl (C=O) groups is 1. The highest BCUT2D eigenvalue weighted by molar-refractivity contribution is 7.89. The van der Waals surface area contributed by atoms with E-state index in [1.54, 1.807) is 12.1 Å². The molecule has 2 heterocycles. The van der Waals surface area contributed by atoms with E-state index < -0.39 is 10.0 Å². The highest BCUT2D eigenvalue weighted by Gasteiger charge is 2.33. The maximum atomic E-state index is 11.8. The number of hydrogen-bond acceptors (Lipinski definition) is 5. The zero-order valence-corrected chi connectivity index (χ0v) is 10.4. The van der Waals surface area contributed by atoms with Gasteiger partial charge >= 0.3 is 0 Å². The average molecular weight is 270 g/mol. The molecule has 1 atom stereocenters. The molecular weight excluding hydrogens is 256 g/mol. The third kappa shape index (κ3) is 2.96. The van der Waals surface area contributed by atoms with Gasteiger partial charge in [-0.2, -0.15) is 0 Å². The monoisotopic (exact) mass is 270 g/mol. The summed E-state index contributed by atoms with van der Waals surface area (Å²) in [7, 11) is -3.56. The second kappa shape index (κ2) is 4.54. The number of primary sulfonamides is 1. The van der Waals surface area contributed by atoms with E-state index in [9.17, 15) is 13.2 Å². The molecule has 1 aromatic heterocycles. The molecule has 98 valence electrons. The van der Waals surface area contributed by atoms with Gasteiger partial charge < -0.3 is 5.73 Å². The fourth-order valence-corrected chi connectivity index (χ4v) is 2.88. The Morgan fingerprint density at radius 1 is 1.44 bits per heavy atom. The zero-order chi connectivity index (χ0) is 13.3. The van der Waals surface area contributed by atoms with Gasteiger partial charge in [-0.05, 0) is 12.1 Å². The number of amides is 1. The van der Waals surface area contributed by atoms with E-state index in [-0.39, 0.29) is 24.0 Å². The van der Waals surface area contributed by atoms with Gasteiger partial charge in [0.2, 0.25) is 15.9 Å². The van der Waals surface area contributed by atoms with Crippen LogP contribution in [0.25, 0.3) is 0 Å². The Balaban J connectivity index is 2.12. The number of rotatable bonds is 3. The normalized spacial score (nSPS) is 20.4. The van der Waals surface area contributed by atoms with Crippen LogP contribution in [-0.4, -0.2) is 31.6 Å². The van der Waals surface area contributed by atoms with Gasteiger partial charge in [0.25, 0.3) is 0 Å². The molecule has 1 aliphatic heterocycles. The number of pyridine rings is 1. The maximum Gasteiger partial charge on any atom is 0.228 e. The molecule has 1 fully saturated rings. The van der Waals surface area contributed by atoms with Gasteiger partial charge in [-0.1, -0.05) is 0 Å². The van der Waals surface area contributed by atoms with Crippen LogP contribution in [-0.2, 0) is 14.8 Å². The van der Waals surface area contributed by atoms with Crippen LogP contribution in [0, 0.1) is 5.92 Å². The summed E-state index contributed by atoms with van der Waals surface area (Å²) < 4.78 is 22.0. The van der Waals surface area contributed by atoms with Gasteiger partial charge in [0, 0.05) is 18.9 Å². The van der Waals surface area contributed by atoms with Crippen molar-refractivity contribution in [1.82, 2.24) is 4.98 Å². The number of hydrogen-bond donors (Lipinski definition) is 2. The highest BCUT2D eigenvalue weighted by Crippen LogP contribution is 2.24. The molecule has 0 radical (unpaired) electrons. The van der Waals surface area contributed by atoms with Crippen LogP contribution >= 0.6 is 0 Å². The van der Waals surface area contributed by atoms with Gasteiger partial charge in [-0.3, -0.25) is 9.69 Å². The lowest BCUT2D eigenvalue weighted by Gasteiger charge is -2.15. The Bertz CT molecular complexity index is 555. The van der Waals surface area contributed by atoms with Crippen molar-refractivity contribution >= 4 is 27.4 Å². The lowest BCUT2D eigenvalue weighted by Crippen LogP contribution is -2.28. The third-order valence-electron chi connectivity index (χ3n) is 2.72. The Kier molecular flexibility index (Phi) is 3.22. The fraction of sp³-hybridized carbons (Fsp3) is 0.400. The summed E-state index contributed by atoms with van der Waals surface area (Å²) in [5, 5.41) is 4.97. The van der Waals surface area contributed by atoms with E-state index in [1.807, 2.05) is 0 Å². The van der Waals surface area contributed by atoms with Crippen molar-refractivity contribution in [2.75, 3.05) is 22.9 Å². The van der Waals surface area contributed by atoms with Crippen molar-refractivity contribution < 1.29 is 13.2 Å². The first-order valence-corrected chi connectivity index (χ1v) is 7.09. The molecule has 0 saturated carbocycles. The van der Waals surface area contributed by atoms with Crippen LogP contribution in [0.2, 0.25) is 0 Å². The number of anilines is 2. The summed E-state index contributed by atoms with van der Waals surface area (Å²) in [5.74, 6) is -0.150. The van der Waals surface area contributed by atoms with Crippen molar-refractivity contribution in [1.29, 1.82) is 0 Å². The Hall–Kier alpha value is -1.67. The quantitative estimate of drug-likeness (QED) is 0.753. The summed E-state index contributed by atoms with van der Waals surface area (Å²) >= 11 is 0. The lowest BCUT2D eigenvalue weighted by molar-refractivity contribution is -0.117.